The highest BCUT2D eigenvalue weighted by molar-refractivity contribution is 5.88. The normalized spacial score (nSPS) is 14.7. The van der Waals surface area contributed by atoms with Crippen molar-refractivity contribution in [3.63, 3.8) is 0 Å². The fourth-order valence-electron chi connectivity index (χ4n) is 3.84. The molecule has 0 saturated heterocycles. The minimum Gasteiger partial charge on any atom is -0.497 e. The van der Waals surface area contributed by atoms with Gasteiger partial charge in [0.25, 0.3) is 5.91 Å². The van der Waals surface area contributed by atoms with Crippen LogP contribution >= 0.6 is 0 Å². The van der Waals surface area contributed by atoms with Crippen LogP contribution in [0.25, 0.3) is 0 Å². The Kier molecular flexibility index (Phi) is 7.93. The fourth-order valence-corrected chi connectivity index (χ4v) is 3.84. The first kappa shape index (κ1) is 22.7. The smallest absolute Gasteiger partial charge is 0.261 e. The van der Waals surface area contributed by atoms with E-state index >= 15 is 0 Å². The van der Waals surface area contributed by atoms with Crippen molar-refractivity contribution in [2.45, 2.75) is 58.2 Å². The van der Waals surface area contributed by atoms with Crippen LogP contribution in [0.2, 0.25) is 0 Å². The van der Waals surface area contributed by atoms with Crippen molar-refractivity contribution in [3.05, 3.63) is 59.7 Å². The van der Waals surface area contributed by atoms with Gasteiger partial charge in [-0.1, -0.05) is 43.2 Å². The summed E-state index contributed by atoms with van der Waals surface area (Å²) in [5.74, 6) is 1.07. The molecule has 6 nitrogen and oxygen atoms in total. The summed E-state index contributed by atoms with van der Waals surface area (Å²) in [4.78, 5) is 27.6. The molecule has 0 aliphatic heterocycles. The monoisotopic (exact) mass is 424 g/mol. The summed E-state index contributed by atoms with van der Waals surface area (Å²) in [6.45, 7) is 3.91. The maximum Gasteiger partial charge on any atom is 0.261 e. The fraction of sp³-hybridized carbons (Fsp3) is 0.440. The van der Waals surface area contributed by atoms with E-state index in [0.717, 1.165) is 42.6 Å². The molecule has 1 N–H and O–H groups in total. The largest absolute Gasteiger partial charge is 0.497 e. The molecule has 0 spiro atoms. The zero-order valence-electron chi connectivity index (χ0n) is 18.6. The standard InChI is InChI=1S/C25H32N2O4/c1-18-8-4-7-11-23(18)31-17-24(28)27(16-20-12-14-22(30-3)15-13-20)19(2)25(29)26-21-9-5-6-10-21/h4,7-8,11-15,19,21H,5-6,9-10,16-17H2,1-3H3,(H,26,29). The third-order valence-electron chi connectivity index (χ3n) is 5.83. The molecule has 0 radical (unpaired) electrons. The second kappa shape index (κ2) is 10.8. The second-order valence-electron chi connectivity index (χ2n) is 8.09. The molecule has 31 heavy (non-hydrogen) atoms. The number of ether oxygens (including phenoxy) is 2. The number of aryl methyl sites for hydroxylation is 1. The lowest BCUT2D eigenvalue weighted by Crippen LogP contribution is -2.50. The van der Waals surface area contributed by atoms with Gasteiger partial charge in [-0.2, -0.15) is 0 Å². The molecule has 6 heteroatoms. The number of amides is 2. The Hall–Kier alpha value is -3.02. The van der Waals surface area contributed by atoms with Crippen LogP contribution in [0.1, 0.15) is 43.7 Å². The summed E-state index contributed by atoms with van der Waals surface area (Å²) in [7, 11) is 1.61. The van der Waals surface area contributed by atoms with Gasteiger partial charge in [0.2, 0.25) is 5.91 Å². The van der Waals surface area contributed by atoms with Crippen molar-refractivity contribution in [2.75, 3.05) is 13.7 Å². The van der Waals surface area contributed by atoms with Crippen LogP contribution in [0.15, 0.2) is 48.5 Å². The van der Waals surface area contributed by atoms with E-state index in [1.807, 2.05) is 55.5 Å². The molecule has 1 aliphatic carbocycles. The molecule has 2 amide bonds. The van der Waals surface area contributed by atoms with Gasteiger partial charge in [0.15, 0.2) is 6.61 Å². The van der Waals surface area contributed by atoms with Gasteiger partial charge in [0.1, 0.15) is 17.5 Å². The van der Waals surface area contributed by atoms with Crippen molar-refractivity contribution in [1.82, 2.24) is 10.2 Å². The molecule has 2 aromatic carbocycles. The van der Waals surface area contributed by atoms with Crippen molar-refractivity contribution in [1.29, 1.82) is 0 Å². The topological polar surface area (TPSA) is 67.9 Å². The van der Waals surface area contributed by atoms with Gasteiger partial charge in [-0.05, 0) is 56.0 Å². The zero-order valence-corrected chi connectivity index (χ0v) is 18.6. The van der Waals surface area contributed by atoms with Crippen molar-refractivity contribution in [3.8, 4) is 11.5 Å². The molecular weight excluding hydrogens is 392 g/mol. The Morgan fingerprint density at radius 3 is 2.42 bits per heavy atom. The SMILES string of the molecule is COc1ccc(CN(C(=O)COc2ccccc2C)C(C)C(=O)NC2CCCC2)cc1. The molecule has 0 aromatic heterocycles. The molecule has 2 aromatic rings. The summed E-state index contributed by atoms with van der Waals surface area (Å²) in [5, 5.41) is 3.11. The van der Waals surface area contributed by atoms with Gasteiger partial charge >= 0.3 is 0 Å². The molecule has 1 atom stereocenters. The molecule has 1 aliphatic rings. The van der Waals surface area contributed by atoms with E-state index in [-0.39, 0.29) is 24.5 Å². The number of nitrogens with zero attached hydrogens (tertiary/aromatic N) is 1. The van der Waals surface area contributed by atoms with Gasteiger partial charge in [0.05, 0.1) is 7.11 Å². The lowest BCUT2D eigenvalue weighted by molar-refractivity contribution is -0.142. The number of para-hydroxylation sites is 1. The number of hydrogen-bond acceptors (Lipinski definition) is 4. The van der Waals surface area contributed by atoms with Crippen LogP contribution < -0.4 is 14.8 Å². The Balaban J connectivity index is 1.72. The van der Waals surface area contributed by atoms with E-state index < -0.39 is 6.04 Å². The van der Waals surface area contributed by atoms with Crippen LogP contribution in [-0.2, 0) is 16.1 Å². The summed E-state index contributed by atoms with van der Waals surface area (Å²) in [5.41, 5.74) is 1.88. The van der Waals surface area contributed by atoms with Crippen molar-refractivity contribution in [2.24, 2.45) is 0 Å². The Labute approximate surface area is 184 Å². The molecule has 1 fully saturated rings. The Bertz CT molecular complexity index is 875. The molecule has 0 heterocycles. The number of benzene rings is 2. The predicted octanol–water partition coefficient (Wildman–Crippen LogP) is 3.86. The number of methoxy groups -OCH3 is 1. The van der Waals surface area contributed by atoms with Gasteiger partial charge in [-0.15, -0.1) is 0 Å². The minimum atomic E-state index is -0.601. The highest BCUT2D eigenvalue weighted by Gasteiger charge is 2.28. The van der Waals surface area contributed by atoms with Crippen LogP contribution in [0.3, 0.4) is 0 Å². The number of nitrogens with one attached hydrogen (secondary N) is 1. The Morgan fingerprint density at radius 1 is 1.10 bits per heavy atom. The van der Waals surface area contributed by atoms with E-state index in [9.17, 15) is 9.59 Å². The zero-order chi connectivity index (χ0) is 22.2. The molecule has 0 bridgehead atoms. The first-order valence-corrected chi connectivity index (χ1v) is 10.9. The van der Waals surface area contributed by atoms with Crippen molar-refractivity contribution >= 4 is 11.8 Å². The average molecular weight is 425 g/mol. The maximum absolute atomic E-state index is 13.1. The van der Waals surface area contributed by atoms with Crippen LogP contribution in [0, 0.1) is 6.92 Å². The van der Waals surface area contributed by atoms with E-state index in [0.29, 0.717) is 12.3 Å². The molecule has 3 rings (SSSR count). The highest BCUT2D eigenvalue weighted by atomic mass is 16.5. The first-order valence-electron chi connectivity index (χ1n) is 10.9. The van der Waals surface area contributed by atoms with Crippen LogP contribution in [0.4, 0.5) is 0 Å². The van der Waals surface area contributed by atoms with E-state index in [1.165, 1.54) is 0 Å². The first-order chi connectivity index (χ1) is 15.0. The van der Waals surface area contributed by atoms with Crippen molar-refractivity contribution < 1.29 is 19.1 Å². The summed E-state index contributed by atoms with van der Waals surface area (Å²) < 4.78 is 11.0. The van der Waals surface area contributed by atoms with Crippen LogP contribution in [-0.4, -0.2) is 42.5 Å². The lowest BCUT2D eigenvalue weighted by atomic mass is 10.1. The van der Waals surface area contributed by atoms with Gasteiger partial charge < -0.3 is 19.7 Å². The lowest BCUT2D eigenvalue weighted by Gasteiger charge is -2.29. The highest BCUT2D eigenvalue weighted by Crippen LogP contribution is 2.20. The average Bonchev–Trinajstić information content (AvgIpc) is 3.29. The quantitative estimate of drug-likeness (QED) is 0.664. The Morgan fingerprint density at radius 2 is 1.77 bits per heavy atom. The predicted molar refractivity (Wildman–Crippen MR) is 120 cm³/mol. The van der Waals surface area contributed by atoms with Gasteiger partial charge in [-0.25, -0.2) is 0 Å². The summed E-state index contributed by atoms with van der Waals surface area (Å²) >= 11 is 0. The van der Waals surface area contributed by atoms with Gasteiger partial charge in [0, 0.05) is 12.6 Å². The molecule has 166 valence electrons. The maximum atomic E-state index is 13.1. The van der Waals surface area contributed by atoms with Gasteiger partial charge in [-0.3, -0.25) is 9.59 Å². The number of hydrogen-bond donors (Lipinski definition) is 1. The van der Waals surface area contributed by atoms with Crippen LogP contribution in [0.5, 0.6) is 11.5 Å². The van der Waals surface area contributed by atoms with E-state index in [4.69, 9.17) is 9.47 Å². The number of rotatable bonds is 9. The number of carbonyl (C=O) groups is 2. The molecular formula is C25H32N2O4. The van der Waals surface area contributed by atoms with E-state index in [1.54, 1.807) is 18.9 Å². The summed E-state index contributed by atoms with van der Waals surface area (Å²) in [6, 6.07) is 14.7. The molecule has 1 unspecified atom stereocenters. The number of carbonyl (C=O) groups excluding carboxylic acids is 2. The van der Waals surface area contributed by atoms with E-state index in [2.05, 4.69) is 5.32 Å². The second-order valence-corrected chi connectivity index (χ2v) is 8.09. The third-order valence-corrected chi connectivity index (χ3v) is 5.83. The third kappa shape index (κ3) is 6.23. The molecule has 1 saturated carbocycles. The minimum absolute atomic E-state index is 0.121. The summed E-state index contributed by atoms with van der Waals surface area (Å²) in [6.07, 6.45) is 4.28.